The summed E-state index contributed by atoms with van der Waals surface area (Å²) in [6.07, 6.45) is 1.43. The fourth-order valence-electron chi connectivity index (χ4n) is 1.38. The second kappa shape index (κ2) is 5.13. The first-order chi connectivity index (χ1) is 8.28. The number of nitriles is 1. The minimum atomic E-state index is -0.302. The molecule has 1 radical (unpaired) electrons. The molecular formula is C14H9FNO. The van der Waals surface area contributed by atoms with Gasteiger partial charge in [-0.1, -0.05) is 12.1 Å². The molecule has 3 heteroatoms. The van der Waals surface area contributed by atoms with E-state index in [-0.39, 0.29) is 5.82 Å². The molecule has 0 saturated heterocycles. The lowest BCUT2D eigenvalue weighted by atomic mass is 10.1. The molecule has 0 heterocycles. The van der Waals surface area contributed by atoms with E-state index in [4.69, 9.17) is 10.00 Å². The van der Waals surface area contributed by atoms with Gasteiger partial charge in [0.2, 0.25) is 0 Å². The second-order valence-electron chi connectivity index (χ2n) is 3.40. The van der Waals surface area contributed by atoms with Crippen LogP contribution in [-0.4, -0.2) is 0 Å². The quantitative estimate of drug-likeness (QED) is 0.799. The molecule has 17 heavy (non-hydrogen) atoms. The van der Waals surface area contributed by atoms with Crippen LogP contribution in [0.25, 0.3) is 0 Å². The number of rotatable bonds is 3. The van der Waals surface area contributed by atoms with Gasteiger partial charge in [-0.25, -0.2) is 4.39 Å². The zero-order valence-electron chi connectivity index (χ0n) is 8.93. The van der Waals surface area contributed by atoms with Crippen molar-refractivity contribution >= 4 is 0 Å². The molecular weight excluding hydrogens is 217 g/mol. The van der Waals surface area contributed by atoms with Crippen LogP contribution in [0.5, 0.6) is 11.5 Å². The summed E-state index contributed by atoms with van der Waals surface area (Å²) in [6, 6.07) is 14.8. The summed E-state index contributed by atoms with van der Waals surface area (Å²) in [5.74, 6) is 0.866. The van der Waals surface area contributed by atoms with E-state index in [1.807, 2.05) is 6.07 Å². The summed E-state index contributed by atoms with van der Waals surface area (Å²) < 4.78 is 18.2. The third-order valence-corrected chi connectivity index (χ3v) is 2.14. The Morgan fingerprint density at radius 2 is 1.82 bits per heavy atom. The summed E-state index contributed by atoms with van der Waals surface area (Å²) >= 11 is 0. The van der Waals surface area contributed by atoms with Crippen LogP contribution in [0.3, 0.4) is 0 Å². The summed E-state index contributed by atoms with van der Waals surface area (Å²) in [5.41, 5.74) is 0.770. The summed E-state index contributed by atoms with van der Waals surface area (Å²) in [7, 11) is 0. The Balaban J connectivity index is 2.16. The Labute approximate surface area is 98.9 Å². The average molecular weight is 226 g/mol. The Bertz CT molecular complexity index is 543. The maximum Gasteiger partial charge on any atom is 0.127 e. The minimum absolute atomic E-state index is 0.302. The van der Waals surface area contributed by atoms with Gasteiger partial charge in [-0.05, 0) is 42.0 Å². The predicted octanol–water partition coefficient (Wildman–Crippen LogP) is 3.69. The summed E-state index contributed by atoms with van der Waals surface area (Å²) in [6.45, 7) is 0. The van der Waals surface area contributed by atoms with Gasteiger partial charge in [0.25, 0.3) is 0 Å². The van der Waals surface area contributed by atoms with Crippen molar-refractivity contribution in [2.24, 2.45) is 0 Å². The van der Waals surface area contributed by atoms with Crippen LogP contribution in [0.4, 0.5) is 4.39 Å². The average Bonchev–Trinajstić information content (AvgIpc) is 2.33. The number of nitrogens with zero attached hydrogens (tertiary/aromatic N) is 1. The van der Waals surface area contributed by atoms with E-state index in [9.17, 15) is 4.39 Å². The molecule has 0 aliphatic rings. The highest BCUT2D eigenvalue weighted by molar-refractivity contribution is 5.38. The molecule has 0 saturated carbocycles. The van der Waals surface area contributed by atoms with Crippen LogP contribution in [0, 0.1) is 23.6 Å². The second-order valence-corrected chi connectivity index (χ2v) is 3.40. The van der Waals surface area contributed by atoms with E-state index in [2.05, 4.69) is 0 Å². The van der Waals surface area contributed by atoms with Gasteiger partial charge in [0.05, 0.1) is 12.5 Å². The van der Waals surface area contributed by atoms with E-state index < -0.39 is 0 Å². The topological polar surface area (TPSA) is 33.0 Å². The number of halogens is 1. The first-order valence-corrected chi connectivity index (χ1v) is 5.04. The van der Waals surface area contributed by atoms with E-state index in [0.717, 1.165) is 5.56 Å². The first kappa shape index (κ1) is 11.2. The smallest absolute Gasteiger partial charge is 0.127 e. The molecule has 0 amide bonds. The zero-order chi connectivity index (χ0) is 12.1. The molecule has 2 aromatic carbocycles. The van der Waals surface area contributed by atoms with Gasteiger partial charge < -0.3 is 4.74 Å². The molecule has 0 aromatic heterocycles. The monoisotopic (exact) mass is 226 g/mol. The van der Waals surface area contributed by atoms with Gasteiger partial charge in [0.15, 0.2) is 0 Å². The number of benzene rings is 2. The Morgan fingerprint density at radius 1 is 1.06 bits per heavy atom. The van der Waals surface area contributed by atoms with E-state index in [1.54, 1.807) is 36.4 Å². The zero-order valence-corrected chi connectivity index (χ0v) is 8.93. The number of hydrogen-bond acceptors (Lipinski definition) is 2. The third-order valence-electron chi connectivity index (χ3n) is 2.14. The highest BCUT2D eigenvalue weighted by Gasteiger charge is 1.99. The molecule has 2 aromatic rings. The van der Waals surface area contributed by atoms with Crippen molar-refractivity contribution in [1.29, 1.82) is 5.26 Å². The first-order valence-electron chi connectivity index (χ1n) is 5.04. The van der Waals surface area contributed by atoms with Crippen LogP contribution in [0.2, 0.25) is 0 Å². The molecule has 0 aliphatic carbocycles. The molecule has 0 spiro atoms. The Hall–Kier alpha value is -2.34. The molecule has 0 bridgehead atoms. The summed E-state index contributed by atoms with van der Waals surface area (Å²) in [4.78, 5) is 0. The normalized spacial score (nSPS) is 9.65. The van der Waals surface area contributed by atoms with Gasteiger partial charge in [-0.2, -0.15) is 5.26 Å². The number of ether oxygens (including phenoxy) is 1. The van der Waals surface area contributed by atoms with E-state index in [1.165, 1.54) is 18.6 Å². The fourth-order valence-corrected chi connectivity index (χ4v) is 1.38. The largest absolute Gasteiger partial charge is 0.457 e. The lowest BCUT2D eigenvalue weighted by molar-refractivity contribution is 0.480. The van der Waals surface area contributed by atoms with E-state index >= 15 is 0 Å². The van der Waals surface area contributed by atoms with Gasteiger partial charge >= 0.3 is 0 Å². The molecule has 83 valence electrons. The third kappa shape index (κ3) is 3.05. The van der Waals surface area contributed by atoms with E-state index in [0.29, 0.717) is 11.5 Å². The maximum absolute atomic E-state index is 12.7. The molecule has 0 aliphatic heterocycles. The van der Waals surface area contributed by atoms with Crippen molar-refractivity contribution in [2.45, 2.75) is 0 Å². The fraction of sp³-hybridized carbons (Fsp3) is 0. The van der Waals surface area contributed by atoms with Crippen molar-refractivity contribution in [3.63, 3.8) is 0 Å². The molecule has 0 unspecified atom stereocenters. The molecule has 0 N–H and O–H groups in total. The lowest BCUT2D eigenvalue weighted by Crippen LogP contribution is -1.86. The van der Waals surface area contributed by atoms with Crippen LogP contribution in [-0.2, 0) is 0 Å². The van der Waals surface area contributed by atoms with Crippen molar-refractivity contribution in [2.75, 3.05) is 0 Å². The van der Waals surface area contributed by atoms with Crippen molar-refractivity contribution in [1.82, 2.24) is 0 Å². The van der Waals surface area contributed by atoms with Gasteiger partial charge in [0, 0.05) is 0 Å². The minimum Gasteiger partial charge on any atom is -0.457 e. The maximum atomic E-state index is 12.7. The van der Waals surface area contributed by atoms with Crippen molar-refractivity contribution in [3.8, 4) is 17.6 Å². The SMILES string of the molecule is N#C[CH]c1cccc(Oc2ccc(F)cc2)c1. The highest BCUT2D eigenvalue weighted by atomic mass is 19.1. The van der Waals surface area contributed by atoms with Gasteiger partial charge in [0.1, 0.15) is 17.3 Å². The lowest BCUT2D eigenvalue weighted by Gasteiger charge is -2.06. The molecule has 0 fully saturated rings. The van der Waals surface area contributed by atoms with Crippen LogP contribution < -0.4 is 4.74 Å². The van der Waals surface area contributed by atoms with Gasteiger partial charge in [-0.3, -0.25) is 0 Å². The molecule has 0 atom stereocenters. The van der Waals surface area contributed by atoms with Crippen molar-refractivity contribution < 1.29 is 9.13 Å². The van der Waals surface area contributed by atoms with Crippen LogP contribution in [0.1, 0.15) is 5.56 Å². The predicted molar refractivity (Wildman–Crippen MR) is 61.9 cm³/mol. The standard InChI is InChI=1S/C14H9FNO/c15-12-4-6-13(7-5-12)17-14-3-1-2-11(10-14)8-9-16/h1-8,10H. The number of hydrogen-bond donors (Lipinski definition) is 0. The van der Waals surface area contributed by atoms with Gasteiger partial charge in [-0.15, -0.1) is 0 Å². The Kier molecular flexibility index (Phi) is 3.37. The van der Waals surface area contributed by atoms with Crippen molar-refractivity contribution in [3.05, 3.63) is 66.3 Å². The molecule has 2 rings (SSSR count). The highest BCUT2D eigenvalue weighted by Crippen LogP contribution is 2.22. The van der Waals surface area contributed by atoms with Crippen LogP contribution >= 0.6 is 0 Å². The summed E-state index contributed by atoms with van der Waals surface area (Å²) in [5, 5.41) is 8.54. The molecule has 2 nitrogen and oxygen atoms in total. The Morgan fingerprint density at radius 3 is 2.53 bits per heavy atom. The van der Waals surface area contributed by atoms with Crippen LogP contribution in [0.15, 0.2) is 48.5 Å².